The van der Waals surface area contributed by atoms with Gasteiger partial charge in [-0.1, -0.05) is 0 Å². The molecule has 1 saturated heterocycles. The lowest BCUT2D eigenvalue weighted by atomic mass is 9.95. The summed E-state index contributed by atoms with van der Waals surface area (Å²) in [5.41, 5.74) is 3.59. The van der Waals surface area contributed by atoms with Crippen LogP contribution in [-0.4, -0.2) is 37.2 Å². The number of carbonyl (C=O) groups excluding carboxylic acids is 1. The van der Waals surface area contributed by atoms with E-state index < -0.39 is 0 Å². The summed E-state index contributed by atoms with van der Waals surface area (Å²) in [5, 5.41) is 3.98. The Kier molecular flexibility index (Phi) is 5.57. The monoisotopic (exact) mass is 398 g/mol. The Bertz CT molecular complexity index is 931. The Morgan fingerprint density at radius 1 is 1.21 bits per heavy atom. The fraction of sp³-hybridized carbons (Fsp3) is 0.333. The van der Waals surface area contributed by atoms with Crippen LogP contribution in [0, 0.1) is 13.8 Å². The van der Waals surface area contributed by atoms with Crippen molar-refractivity contribution in [2.45, 2.75) is 19.9 Å². The minimum absolute atomic E-state index is 0.115. The maximum atomic E-state index is 12.6. The molecule has 0 unspecified atom stereocenters. The van der Waals surface area contributed by atoms with Crippen molar-refractivity contribution >= 4 is 22.2 Å². The molecule has 4 heterocycles. The number of rotatable bonds is 5. The standard InChI is InChI=1S/C21H23N3O3S/c1-14-15(2)28-21(23-20(25)17-4-3-11-27-17)18(14)19(16-5-7-22-8-6-16)24-9-12-26-13-10-24/h3-8,11,19H,9-10,12-13H2,1-2H3,(H,23,25)/p+1/t19-/m0/s1. The molecule has 2 N–H and O–H groups in total. The molecule has 0 bridgehead atoms. The number of quaternary nitrogens is 1. The summed E-state index contributed by atoms with van der Waals surface area (Å²) in [4.78, 5) is 19.5. The van der Waals surface area contributed by atoms with E-state index in [1.165, 1.54) is 32.7 Å². The Labute approximate surface area is 168 Å². The van der Waals surface area contributed by atoms with Crippen LogP contribution in [0.4, 0.5) is 5.00 Å². The molecule has 0 radical (unpaired) electrons. The molecule has 0 aliphatic carbocycles. The molecule has 146 valence electrons. The fourth-order valence-corrected chi connectivity index (χ4v) is 4.84. The quantitative estimate of drug-likeness (QED) is 0.693. The normalized spacial score (nSPS) is 16.1. The van der Waals surface area contributed by atoms with E-state index in [0.717, 1.165) is 31.3 Å². The number of thiophene rings is 1. The van der Waals surface area contributed by atoms with Crippen LogP contribution in [0.5, 0.6) is 0 Å². The number of hydrogen-bond acceptors (Lipinski definition) is 5. The molecule has 7 heteroatoms. The summed E-state index contributed by atoms with van der Waals surface area (Å²) in [6.45, 7) is 7.57. The van der Waals surface area contributed by atoms with Crippen molar-refractivity contribution < 1.29 is 18.8 Å². The Hall–Kier alpha value is -2.48. The van der Waals surface area contributed by atoms with Gasteiger partial charge in [0.15, 0.2) is 5.76 Å². The number of morpholine rings is 1. The maximum absolute atomic E-state index is 12.6. The summed E-state index contributed by atoms with van der Waals surface area (Å²) >= 11 is 1.62. The second-order valence-electron chi connectivity index (χ2n) is 6.94. The highest BCUT2D eigenvalue weighted by Gasteiger charge is 2.33. The average molecular weight is 399 g/mol. The van der Waals surface area contributed by atoms with Crippen LogP contribution in [0.1, 0.15) is 38.2 Å². The second kappa shape index (κ2) is 8.26. The fourth-order valence-electron chi connectivity index (χ4n) is 3.74. The second-order valence-corrected chi connectivity index (χ2v) is 8.17. The van der Waals surface area contributed by atoms with E-state index in [1.807, 2.05) is 12.4 Å². The molecular formula is C21H24N3O3S+. The van der Waals surface area contributed by atoms with Gasteiger partial charge in [-0.05, 0) is 43.7 Å². The highest BCUT2D eigenvalue weighted by molar-refractivity contribution is 7.16. The van der Waals surface area contributed by atoms with Crippen molar-refractivity contribution in [3.8, 4) is 0 Å². The molecule has 1 fully saturated rings. The number of amides is 1. The molecule has 1 aliphatic heterocycles. The first-order valence-corrected chi connectivity index (χ1v) is 10.2. The lowest BCUT2D eigenvalue weighted by Crippen LogP contribution is -3.14. The van der Waals surface area contributed by atoms with E-state index in [0.29, 0.717) is 5.76 Å². The Balaban J connectivity index is 1.76. The summed E-state index contributed by atoms with van der Waals surface area (Å²) in [7, 11) is 0. The van der Waals surface area contributed by atoms with Crippen molar-refractivity contribution in [1.29, 1.82) is 0 Å². The van der Waals surface area contributed by atoms with Gasteiger partial charge in [-0.2, -0.15) is 0 Å². The molecule has 1 aliphatic rings. The van der Waals surface area contributed by atoms with Gasteiger partial charge in [0, 0.05) is 22.8 Å². The van der Waals surface area contributed by atoms with E-state index in [-0.39, 0.29) is 11.9 Å². The Morgan fingerprint density at radius 3 is 2.64 bits per heavy atom. The third kappa shape index (κ3) is 3.73. The number of aryl methyl sites for hydroxylation is 1. The van der Waals surface area contributed by atoms with Crippen LogP contribution in [0.3, 0.4) is 0 Å². The summed E-state index contributed by atoms with van der Waals surface area (Å²) in [6, 6.07) is 7.65. The van der Waals surface area contributed by atoms with E-state index in [9.17, 15) is 4.79 Å². The lowest BCUT2D eigenvalue weighted by Gasteiger charge is -2.32. The smallest absolute Gasteiger partial charge is 0.291 e. The summed E-state index contributed by atoms with van der Waals surface area (Å²) < 4.78 is 10.9. The van der Waals surface area contributed by atoms with E-state index in [4.69, 9.17) is 9.15 Å². The van der Waals surface area contributed by atoms with Crippen molar-refractivity contribution in [3.63, 3.8) is 0 Å². The summed E-state index contributed by atoms with van der Waals surface area (Å²) in [6.07, 6.45) is 5.17. The molecule has 4 rings (SSSR count). The van der Waals surface area contributed by atoms with Gasteiger partial charge in [0.05, 0.1) is 25.0 Å². The average Bonchev–Trinajstić information content (AvgIpc) is 3.35. The largest absolute Gasteiger partial charge is 0.459 e. The number of anilines is 1. The third-order valence-electron chi connectivity index (χ3n) is 5.28. The van der Waals surface area contributed by atoms with Crippen molar-refractivity contribution in [2.75, 3.05) is 31.6 Å². The minimum atomic E-state index is -0.224. The van der Waals surface area contributed by atoms with Crippen LogP contribution in [0.2, 0.25) is 0 Å². The zero-order valence-electron chi connectivity index (χ0n) is 16.0. The molecule has 1 amide bonds. The Morgan fingerprint density at radius 2 is 1.96 bits per heavy atom. The van der Waals surface area contributed by atoms with Gasteiger partial charge in [0.25, 0.3) is 5.91 Å². The van der Waals surface area contributed by atoms with Gasteiger partial charge in [-0.15, -0.1) is 11.3 Å². The molecule has 0 aromatic carbocycles. The van der Waals surface area contributed by atoms with Gasteiger partial charge in [-0.3, -0.25) is 9.78 Å². The van der Waals surface area contributed by atoms with Crippen molar-refractivity contribution in [1.82, 2.24) is 4.98 Å². The number of furan rings is 1. The summed E-state index contributed by atoms with van der Waals surface area (Å²) in [5.74, 6) is 0.0896. The zero-order valence-corrected chi connectivity index (χ0v) is 16.8. The van der Waals surface area contributed by atoms with Crippen LogP contribution in [-0.2, 0) is 4.74 Å². The number of hydrogen-bond donors (Lipinski definition) is 2. The van der Waals surface area contributed by atoms with Crippen LogP contribution in [0.25, 0.3) is 0 Å². The van der Waals surface area contributed by atoms with Gasteiger partial charge in [0.2, 0.25) is 0 Å². The minimum Gasteiger partial charge on any atom is -0.459 e. The molecule has 3 aromatic rings. The number of aromatic nitrogens is 1. The van der Waals surface area contributed by atoms with Crippen molar-refractivity contribution in [2.24, 2.45) is 0 Å². The predicted octanol–water partition coefficient (Wildman–Crippen LogP) is 2.61. The molecule has 6 nitrogen and oxygen atoms in total. The number of nitrogens with zero attached hydrogens (tertiary/aromatic N) is 1. The van der Waals surface area contributed by atoms with Crippen LogP contribution >= 0.6 is 11.3 Å². The van der Waals surface area contributed by atoms with Gasteiger partial charge in [-0.25, -0.2) is 0 Å². The van der Waals surface area contributed by atoms with E-state index in [2.05, 4.69) is 36.3 Å². The molecule has 0 spiro atoms. The number of nitrogens with one attached hydrogen (secondary N) is 2. The maximum Gasteiger partial charge on any atom is 0.291 e. The molecule has 0 saturated carbocycles. The first kappa shape index (κ1) is 18.9. The number of ether oxygens (including phenoxy) is 1. The topological polar surface area (TPSA) is 68.8 Å². The SMILES string of the molecule is Cc1sc(NC(=O)c2ccco2)c([C@H](c2ccncc2)[NH+]2CCOCC2)c1C. The molecule has 28 heavy (non-hydrogen) atoms. The molecule has 1 atom stereocenters. The van der Waals surface area contributed by atoms with Gasteiger partial charge < -0.3 is 19.4 Å². The third-order valence-corrected chi connectivity index (χ3v) is 6.41. The zero-order chi connectivity index (χ0) is 19.5. The van der Waals surface area contributed by atoms with E-state index in [1.54, 1.807) is 23.5 Å². The van der Waals surface area contributed by atoms with Crippen LogP contribution in [0.15, 0.2) is 47.3 Å². The van der Waals surface area contributed by atoms with E-state index >= 15 is 0 Å². The lowest BCUT2D eigenvalue weighted by molar-refractivity contribution is -0.933. The number of carbonyl (C=O) groups is 1. The molecular weight excluding hydrogens is 374 g/mol. The highest BCUT2D eigenvalue weighted by atomic mass is 32.1. The highest BCUT2D eigenvalue weighted by Crippen LogP contribution is 2.38. The van der Waals surface area contributed by atoms with Crippen molar-refractivity contribution in [3.05, 3.63) is 70.3 Å². The van der Waals surface area contributed by atoms with Crippen LogP contribution < -0.4 is 10.2 Å². The first-order valence-electron chi connectivity index (χ1n) is 9.42. The van der Waals surface area contributed by atoms with Gasteiger partial charge in [0.1, 0.15) is 24.1 Å². The van der Waals surface area contributed by atoms with Gasteiger partial charge >= 0.3 is 0 Å². The number of pyridine rings is 1. The first-order chi connectivity index (χ1) is 13.6. The predicted molar refractivity (Wildman–Crippen MR) is 108 cm³/mol. The molecule has 3 aromatic heterocycles.